The first-order valence-electron chi connectivity index (χ1n) is 4.28. The number of ether oxygens (including phenoxy) is 1. The van der Waals surface area contributed by atoms with Crippen LogP contribution in [0.3, 0.4) is 0 Å². The van der Waals surface area contributed by atoms with Crippen LogP contribution in [-0.2, 0) is 13.8 Å². The molecule has 96 valence electrons. The predicted molar refractivity (Wildman–Crippen MR) is 46.9 cm³/mol. The Morgan fingerprint density at radius 3 is 2.19 bits per heavy atom. The molecule has 0 aliphatic carbocycles. The molecule has 0 amide bonds. The fourth-order valence-corrected chi connectivity index (χ4v) is 2.05. The van der Waals surface area contributed by atoms with Crippen molar-refractivity contribution in [3.63, 3.8) is 0 Å². The van der Waals surface area contributed by atoms with Crippen molar-refractivity contribution in [1.29, 1.82) is 0 Å². The molecule has 16 heavy (non-hydrogen) atoms. The van der Waals surface area contributed by atoms with Gasteiger partial charge in [0.2, 0.25) is 5.79 Å². The molecule has 0 aromatic carbocycles. The zero-order valence-electron chi connectivity index (χ0n) is 8.00. The Labute approximate surface area is 90.1 Å². The van der Waals surface area contributed by atoms with Crippen LogP contribution in [-0.4, -0.2) is 67.5 Å². The number of hydrogen-bond donors (Lipinski definition) is 6. The molecule has 1 aliphatic rings. The quantitative estimate of drug-likeness (QED) is 0.288. The molecule has 1 unspecified atom stereocenters. The molecule has 9 nitrogen and oxygen atoms in total. The number of phosphoric ester groups is 1. The zero-order valence-corrected chi connectivity index (χ0v) is 8.90. The van der Waals surface area contributed by atoms with Gasteiger partial charge in [0.1, 0.15) is 24.9 Å². The fraction of sp³-hybridized carbons (Fsp3) is 1.00. The van der Waals surface area contributed by atoms with E-state index in [-0.39, 0.29) is 0 Å². The number of aliphatic hydroxyl groups is 4. The van der Waals surface area contributed by atoms with Gasteiger partial charge in [0.05, 0.1) is 6.61 Å². The van der Waals surface area contributed by atoms with Gasteiger partial charge in [-0.2, -0.15) is 0 Å². The number of aliphatic hydroxyl groups excluding tert-OH is 4. The van der Waals surface area contributed by atoms with Crippen LogP contribution in [0, 0.1) is 0 Å². The van der Waals surface area contributed by atoms with Crippen molar-refractivity contribution in [3.05, 3.63) is 0 Å². The van der Waals surface area contributed by atoms with E-state index in [0.29, 0.717) is 0 Å². The van der Waals surface area contributed by atoms with Crippen molar-refractivity contribution in [2.24, 2.45) is 0 Å². The summed E-state index contributed by atoms with van der Waals surface area (Å²) in [5, 5.41) is 36.5. The van der Waals surface area contributed by atoms with Crippen molar-refractivity contribution in [2.75, 3.05) is 13.2 Å². The highest BCUT2D eigenvalue weighted by atomic mass is 31.2. The lowest BCUT2D eigenvalue weighted by atomic mass is 10.1. The van der Waals surface area contributed by atoms with Gasteiger partial charge in [0, 0.05) is 0 Å². The van der Waals surface area contributed by atoms with Crippen LogP contribution in [0.4, 0.5) is 0 Å². The number of phosphoric acid groups is 1. The summed E-state index contributed by atoms with van der Waals surface area (Å²) < 4.78 is 19.5. The van der Waals surface area contributed by atoms with Gasteiger partial charge >= 0.3 is 7.82 Å². The van der Waals surface area contributed by atoms with Crippen molar-refractivity contribution in [3.8, 4) is 0 Å². The van der Waals surface area contributed by atoms with E-state index in [1.807, 2.05) is 0 Å². The fourth-order valence-electron chi connectivity index (χ4n) is 1.44. The lowest BCUT2D eigenvalue weighted by molar-refractivity contribution is -0.237. The van der Waals surface area contributed by atoms with Crippen LogP contribution >= 0.6 is 7.82 Å². The molecule has 1 heterocycles. The minimum absolute atomic E-state index is 0.704. The highest BCUT2D eigenvalue weighted by molar-refractivity contribution is 7.46. The predicted octanol–water partition coefficient (Wildman–Crippen LogP) is -3.10. The largest absolute Gasteiger partial charge is 0.472 e. The third-order valence-corrected chi connectivity index (χ3v) is 2.73. The van der Waals surface area contributed by atoms with Crippen LogP contribution in [0.15, 0.2) is 0 Å². The first kappa shape index (κ1) is 14.0. The zero-order chi connectivity index (χ0) is 12.6. The normalized spacial score (nSPS) is 40.2. The van der Waals surface area contributed by atoms with Gasteiger partial charge in [-0.25, -0.2) is 9.09 Å². The average Bonchev–Trinajstić information content (AvgIpc) is 2.41. The molecule has 6 N–H and O–H groups in total. The molecule has 1 rings (SSSR count). The second-order valence-electron chi connectivity index (χ2n) is 3.33. The third kappa shape index (κ3) is 2.59. The maximum absolute atomic E-state index is 10.6. The molecule has 1 aliphatic heterocycles. The smallest absolute Gasteiger partial charge is 0.394 e. The summed E-state index contributed by atoms with van der Waals surface area (Å²) >= 11 is 0. The Kier molecular flexibility index (Phi) is 4.06. The van der Waals surface area contributed by atoms with E-state index in [1.54, 1.807) is 0 Å². The SMILES string of the molecule is O=P(O)(O)O[C@]1(CO)O[C@H](CO)[C@@H](O)C1O. The summed E-state index contributed by atoms with van der Waals surface area (Å²) in [4.78, 5) is 17.2. The Morgan fingerprint density at radius 1 is 1.31 bits per heavy atom. The molecule has 0 aromatic heterocycles. The topological polar surface area (TPSA) is 157 Å². The first-order valence-corrected chi connectivity index (χ1v) is 5.81. The number of hydrogen-bond acceptors (Lipinski definition) is 7. The summed E-state index contributed by atoms with van der Waals surface area (Å²) in [7, 11) is -5.04. The maximum atomic E-state index is 10.6. The summed E-state index contributed by atoms with van der Waals surface area (Å²) in [6.45, 7) is -1.79. The van der Waals surface area contributed by atoms with Gasteiger partial charge < -0.3 is 34.9 Å². The van der Waals surface area contributed by atoms with E-state index in [4.69, 9.17) is 24.7 Å². The van der Waals surface area contributed by atoms with E-state index < -0.39 is 45.1 Å². The molecule has 1 saturated heterocycles. The van der Waals surface area contributed by atoms with Crippen molar-refractivity contribution < 1.29 is 44.0 Å². The maximum Gasteiger partial charge on any atom is 0.472 e. The molecule has 0 spiro atoms. The Hall–Kier alpha value is -0.0900. The summed E-state index contributed by atoms with van der Waals surface area (Å²) in [5.74, 6) is -2.44. The van der Waals surface area contributed by atoms with Crippen LogP contribution < -0.4 is 0 Å². The van der Waals surface area contributed by atoms with E-state index >= 15 is 0 Å². The average molecular weight is 260 g/mol. The highest BCUT2D eigenvalue weighted by Gasteiger charge is 2.57. The van der Waals surface area contributed by atoms with E-state index in [2.05, 4.69) is 4.52 Å². The second-order valence-corrected chi connectivity index (χ2v) is 4.49. The molecule has 4 atom stereocenters. The molecule has 0 radical (unpaired) electrons. The van der Waals surface area contributed by atoms with Gasteiger partial charge in [0.25, 0.3) is 0 Å². The highest BCUT2D eigenvalue weighted by Crippen LogP contribution is 2.46. The van der Waals surface area contributed by atoms with Gasteiger partial charge in [-0.15, -0.1) is 0 Å². The molecule has 0 bridgehead atoms. The van der Waals surface area contributed by atoms with Gasteiger partial charge in [-0.1, -0.05) is 0 Å². The van der Waals surface area contributed by atoms with Crippen molar-refractivity contribution >= 4 is 7.82 Å². The third-order valence-electron chi connectivity index (χ3n) is 2.18. The molecule has 1 fully saturated rings. The Bertz CT molecular complexity index is 290. The van der Waals surface area contributed by atoms with E-state index in [1.165, 1.54) is 0 Å². The second kappa shape index (κ2) is 4.65. The Morgan fingerprint density at radius 2 is 1.88 bits per heavy atom. The Balaban J connectivity index is 2.93. The van der Waals surface area contributed by atoms with Crippen molar-refractivity contribution in [1.82, 2.24) is 0 Å². The minimum atomic E-state index is -5.04. The minimum Gasteiger partial charge on any atom is -0.394 e. The van der Waals surface area contributed by atoms with E-state index in [0.717, 1.165) is 0 Å². The first-order chi connectivity index (χ1) is 7.25. The van der Waals surface area contributed by atoms with Crippen LogP contribution in [0.5, 0.6) is 0 Å². The summed E-state index contributed by atoms with van der Waals surface area (Å²) in [6.07, 6.45) is -4.81. The molecular weight excluding hydrogens is 247 g/mol. The van der Waals surface area contributed by atoms with Crippen LogP contribution in [0.25, 0.3) is 0 Å². The number of rotatable bonds is 4. The van der Waals surface area contributed by atoms with Gasteiger partial charge in [0.15, 0.2) is 0 Å². The lowest BCUT2D eigenvalue weighted by Crippen LogP contribution is -2.47. The van der Waals surface area contributed by atoms with Crippen LogP contribution in [0.2, 0.25) is 0 Å². The van der Waals surface area contributed by atoms with Gasteiger partial charge in [-0.3, -0.25) is 0 Å². The summed E-state index contributed by atoms with van der Waals surface area (Å²) in [5.41, 5.74) is 0. The lowest BCUT2D eigenvalue weighted by Gasteiger charge is -2.29. The van der Waals surface area contributed by atoms with Crippen molar-refractivity contribution in [2.45, 2.75) is 24.1 Å². The molecule has 10 heteroatoms. The molecule has 0 aromatic rings. The van der Waals surface area contributed by atoms with Crippen LogP contribution in [0.1, 0.15) is 0 Å². The summed E-state index contributed by atoms with van der Waals surface area (Å²) in [6, 6.07) is 0. The molecular formula is C6H13O9P. The van der Waals surface area contributed by atoms with E-state index in [9.17, 15) is 14.8 Å². The monoisotopic (exact) mass is 260 g/mol. The van der Waals surface area contributed by atoms with Gasteiger partial charge in [-0.05, 0) is 0 Å². The standard InChI is InChI=1S/C6H13O9P/c7-1-3-4(9)5(10)6(2-8,14-3)15-16(11,12)13/h3-5,7-10H,1-2H2,(H2,11,12,13)/t3-,4-,5?,6+/m1/s1. The molecule has 0 saturated carbocycles.